The fraction of sp³-hybridized carbons (Fsp3) is 0.458. The van der Waals surface area contributed by atoms with E-state index in [0.29, 0.717) is 16.2 Å². The van der Waals surface area contributed by atoms with Gasteiger partial charge in [0.1, 0.15) is 5.60 Å². The Morgan fingerprint density at radius 2 is 1.77 bits per heavy atom. The fourth-order valence-electron chi connectivity index (χ4n) is 3.77. The molecule has 1 heterocycles. The number of sulfonamides is 1. The Bertz CT molecular complexity index is 1120. The average Bonchev–Trinajstić information content (AvgIpc) is 2.78. The average molecular weight is 509 g/mol. The molecule has 2 aromatic carbocycles. The van der Waals surface area contributed by atoms with Crippen molar-refractivity contribution in [3.05, 3.63) is 65.2 Å². The molecule has 0 aromatic heterocycles. The van der Waals surface area contributed by atoms with Crippen molar-refractivity contribution in [2.75, 3.05) is 20.2 Å². The first-order chi connectivity index (χ1) is 16.4. The van der Waals surface area contributed by atoms with Crippen molar-refractivity contribution in [1.29, 1.82) is 0 Å². The summed E-state index contributed by atoms with van der Waals surface area (Å²) in [5.41, 5.74) is 4.32. The lowest BCUT2D eigenvalue weighted by atomic mass is 9.97. The van der Waals surface area contributed by atoms with E-state index in [0.717, 1.165) is 5.56 Å². The number of carbonyl (C=O) groups excluding carboxylic acids is 1. The summed E-state index contributed by atoms with van der Waals surface area (Å²) in [5.74, 6) is 0. The van der Waals surface area contributed by atoms with Gasteiger partial charge in [0.25, 0.3) is 10.0 Å². The van der Waals surface area contributed by atoms with E-state index in [1.54, 1.807) is 57.2 Å². The van der Waals surface area contributed by atoms with Crippen LogP contribution in [-0.2, 0) is 26.0 Å². The molecule has 0 spiro atoms. The van der Waals surface area contributed by atoms with Crippen LogP contribution >= 0.6 is 0 Å². The number of piperazine rings is 1. The van der Waals surface area contributed by atoms with E-state index >= 15 is 0 Å². The molecule has 1 fully saturated rings. The van der Waals surface area contributed by atoms with E-state index in [9.17, 15) is 17.7 Å². The van der Waals surface area contributed by atoms with Crippen molar-refractivity contribution in [3.63, 3.8) is 0 Å². The second kappa shape index (κ2) is 11.0. The summed E-state index contributed by atoms with van der Waals surface area (Å²) in [6, 6.07) is 13.0. The molecule has 1 aliphatic rings. The highest BCUT2D eigenvalue weighted by Gasteiger charge is 2.40. The SMILES string of the molecule is COC1CN(C(=O)OC(C)(C)C)C(c2ccccc2CNNS(=O)(=O)c2ccc(C)cc2)CN1F. The Morgan fingerprint density at radius 1 is 1.11 bits per heavy atom. The molecule has 0 aliphatic carbocycles. The third-order valence-corrected chi connectivity index (χ3v) is 6.83. The van der Waals surface area contributed by atoms with Crippen LogP contribution < -0.4 is 10.3 Å². The molecule has 35 heavy (non-hydrogen) atoms. The summed E-state index contributed by atoms with van der Waals surface area (Å²) in [6.07, 6.45) is -1.51. The fourth-order valence-corrected chi connectivity index (χ4v) is 4.64. The largest absolute Gasteiger partial charge is 0.444 e. The molecule has 2 N–H and O–H groups in total. The molecule has 0 saturated carbocycles. The summed E-state index contributed by atoms with van der Waals surface area (Å²) in [4.78, 5) is 17.0. The number of nitrogens with one attached hydrogen (secondary N) is 2. The molecule has 11 heteroatoms. The summed E-state index contributed by atoms with van der Waals surface area (Å²) >= 11 is 0. The van der Waals surface area contributed by atoms with Gasteiger partial charge < -0.3 is 9.47 Å². The standard InChI is InChI=1S/C24H33FN4O5S/c1-17-10-12-19(13-11-17)35(31,32)27-26-14-18-8-6-7-9-20(18)21-15-29(25)22(33-5)16-28(21)23(30)34-24(2,3)4/h6-13,21-22,26-27H,14-16H2,1-5H3. The Hall–Kier alpha value is -2.57. The molecular formula is C24H33FN4O5S. The number of halogens is 1. The molecule has 2 unspecified atom stereocenters. The number of rotatable bonds is 7. The molecule has 1 saturated heterocycles. The predicted octanol–water partition coefficient (Wildman–Crippen LogP) is 3.43. The van der Waals surface area contributed by atoms with E-state index in [1.165, 1.54) is 24.1 Å². The van der Waals surface area contributed by atoms with Gasteiger partial charge in [0, 0.05) is 13.7 Å². The van der Waals surface area contributed by atoms with Crippen molar-refractivity contribution in [1.82, 2.24) is 20.3 Å². The number of nitrogens with zero attached hydrogens (tertiary/aromatic N) is 2. The van der Waals surface area contributed by atoms with Crippen molar-refractivity contribution in [2.45, 2.75) is 57.0 Å². The topological polar surface area (TPSA) is 100 Å². The van der Waals surface area contributed by atoms with Gasteiger partial charge in [-0.15, -0.1) is 14.4 Å². The van der Waals surface area contributed by atoms with Crippen LogP contribution in [0, 0.1) is 6.92 Å². The number of amides is 1. The van der Waals surface area contributed by atoms with Gasteiger partial charge in [0.2, 0.25) is 0 Å². The van der Waals surface area contributed by atoms with Crippen LogP contribution in [0.3, 0.4) is 0 Å². The monoisotopic (exact) mass is 508 g/mol. The van der Waals surface area contributed by atoms with Crippen molar-refractivity contribution >= 4 is 16.1 Å². The number of carbonyl (C=O) groups is 1. The lowest BCUT2D eigenvalue weighted by Crippen LogP contribution is -2.55. The van der Waals surface area contributed by atoms with Crippen LogP contribution in [0.25, 0.3) is 0 Å². The lowest BCUT2D eigenvalue weighted by molar-refractivity contribution is -0.184. The molecular weight excluding hydrogens is 475 g/mol. The number of hydrogen-bond acceptors (Lipinski definition) is 7. The summed E-state index contributed by atoms with van der Waals surface area (Å²) in [5, 5.41) is 0.551. The maximum Gasteiger partial charge on any atom is 0.410 e. The Balaban J connectivity index is 1.80. The first-order valence-electron chi connectivity index (χ1n) is 11.3. The summed E-state index contributed by atoms with van der Waals surface area (Å²) < 4.78 is 50.7. The molecule has 2 atom stereocenters. The smallest absolute Gasteiger partial charge is 0.410 e. The third kappa shape index (κ3) is 6.98. The van der Waals surface area contributed by atoms with Crippen molar-refractivity contribution in [2.24, 2.45) is 0 Å². The highest BCUT2D eigenvalue weighted by molar-refractivity contribution is 7.89. The van der Waals surface area contributed by atoms with E-state index in [2.05, 4.69) is 10.3 Å². The maximum atomic E-state index is 14.7. The zero-order valence-corrected chi connectivity index (χ0v) is 21.4. The number of hydrogen-bond donors (Lipinski definition) is 2. The molecule has 2 aromatic rings. The van der Waals surface area contributed by atoms with Crippen LogP contribution in [0.15, 0.2) is 53.4 Å². The number of benzene rings is 2. The van der Waals surface area contributed by atoms with Crippen LogP contribution in [0.1, 0.15) is 43.5 Å². The van der Waals surface area contributed by atoms with Gasteiger partial charge in [-0.3, -0.25) is 4.90 Å². The molecule has 1 amide bonds. The zero-order chi connectivity index (χ0) is 25.8. The van der Waals surface area contributed by atoms with Gasteiger partial charge >= 0.3 is 6.09 Å². The van der Waals surface area contributed by atoms with E-state index in [-0.39, 0.29) is 24.5 Å². The van der Waals surface area contributed by atoms with Gasteiger partial charge in [-0.05, 0) is 51.0 Å². The number of aryl methyl sites for hydroxylation is 1. The Morgan fingerprint density at radius 3 is 2.40 bits per heavy atom. The molecule has 1 aliphatic heterocycles. The Kier molecular flexibility index (Phi) is 8.50. The Labute approximate surface area is 206 Å². The van der Waals surface area contributed by atoms with Gasteiger partial charge in [0.15, 0.2) is 6.23 Å². The maximum absolute atomic E-state index is 14.7. The first-order valence-corrected chi connectivity index (χ1v) is 12.7. The van der Waals surface area contributed by atoms with Crippen molar-refractivity contribution in [3.8, 4) is 0 Å². The van der Waals surface area contributed by atoms with Crippen LogP contribution in [0.5, 0.6) is 0 Å². The summed E-state index contributed by atoms with van der Waals surface area (Å²) in [6.45, 7) is 7.10. The van der Waals surface area contributed by atoms with Crippen LogP contribution in [0.4, 0.5) is 9.28 Å². The van der Waals surface area contributed by atoms with Crippen LogP contribution in [-0.4, -0.2) is 56.6 Å². The van der Waals surface area contributed by atoms with Gasteiger partial charge in [-0.25, -0.2) is 18.6 Å². The van der Waals surface area contributed by atoms with Crippen molar-refractivity contribution < 1.29 is 27.2 Å². The number of methoxy groups -OCH3 is 1. The normalized spacial score (nSPS) is 19.5. The minimum Gasteiger partial charge on any atom is -0.444 e. The minimum atomic E-state index is -3.78. The molecule has 3 rings (SSSR count). The molecule has 192 valence electrons. The van der Waals surface area contributed by atoms with Gasteiger partial charge in [0.05, 0.1) is 24.0 Å². The summed E-state index contributed by atoms with van der Waals surface area (Å²) in [7, 11) is -2.40. The van der Waals surface area contributed by atoms with Gasteiger partial charge in [-0.1, -0.05) is 42.0 Å². The highest BCUT2D eigenvalue weighted by atomic mass is 32.2. The second-order valence-corrected chi connectivity index (χ2v) is 11.1. The quantitative estimate of drug-likeness (QED) is 0.437. The highest BCUT2D eigenvalue weighted by Crippen LogP contribution is 2.32. The predicted molar refractivity (Wildman–Crippen MR) is 129 cm³/mol. The lowest BCUT2D eigenvalue weighted by Gasteiger charge is -2.42. The van der Waals surface area contributed by atoms with E-state index in [4.69, 9.17) is 9.47 Å². The van der Waals surface area contributed by atoms with E-state index < -0.39 is 34.0 Å². The minimum absolute atomic E-state index is 0.0333. The third-order valence-electron chi connectivity index (χ3n) is 5.52. The molecule has 0 radical (unpaired) electrons. The molecule has 0 bridgehead atoms. The van der Waals surface area contributed by atoms with E-state index in [1.807, 2.05) is 6.92 Å². The van der Waals surface area contributed by atoms with Crippen LogP contribution in [0.2, 0.25) is 0 Å². The second-order valence-electron chi connectivity index (χ2n) is 9.39. The molecule has 9 nitrogen and oxygen atoms in total. The van der Waals surface area contributed by atoms with Gasteiger partial charge in [-0.2, -0.15) is 0 Å². The first kappa shape index (κ1) is 27.0. The number of hydrazine groups is 1. The zero-order valence-electron chi connectivity index (χ0n) is 20.6. The number of ether oxygens (including phenoxy) is 2.